The Labute approximate surface area is 166 Å². The molecule has 0 aliphatic heterocycles. The van der Waals surface area contributed by atoms with Crippen molar-refractivity contribution in [3.63, 3.8) is 0 Å². The number of benzene rings is 2. The van der Waals surface area contributed by atoms with Crippen LogP contribution >= 0.6 is 31.9 Å². The molecule has 6 nitrogen and oxygen atoms in total. The Balaban J connectivity index is 2.36. The second-order valence-electron chi connectivity index (χ2n) is 5.05. The van der Waals surface area contributed by atoms with E-state index in [1.54, 1.807) is 36.4 Å². The van der Waals surface area contributed by atoms with Crippen LogP contribution in [0.5, 0.6) is 5.75 Å². The van der Waals surface area contributed by atoms with E-state index in [2.05, 4.69) is 37.2 Å². The molecule has 8 heteroatoms. The highest BCUT2D eigenvalue weighted by Gasteiger charge is 2.14. The molecule has 132 valence electrons. The number of primary amides is 1. The molecule has 0 atom stereocenters. The van der Waals surface area contributed by atoms with Gasteiger partial charge in [-0.3, -0.25) is 9.59 Å². The minimum absolute atomic E-state index is 0.122. The topological polar surface area (TPSA) is 105 Å². The van der Waals surface area contributed by atoms with Crippen LogP contribution in [0, 0.1) is 11.3 Å². The zero-order chi connectivity index (χ0) is 19.1. The van der Waals surface area contributed by atoms with E-state index in [4.69, 9.17) is 10.5 Å². The highest BCUT2D eigenvalue weighted by atomic mass is 79.9. The molecule has 0 saturated heterocycles. The summed E-state index contributed by atoms with van der Waals surface area (Å²) in [5.41, 5.74) is 6.00. The second-order valence-corrected chi connectivity index (χ2v) is 6.82. The Bertz CT molecular complexity index is 906. The Morgan fingerprint density at radius 1 is 1.23 bits per heavy atom. The van der Waals surface area contributed by atoms with Gasteiger partial charge in [0.15, 0.2) is 6.61 Å². The maximum atomic E-state index is 12.4. The number of nitrogens with two attached hydrogens (primary N) is 1. The largest absolute Gasteiger partial charge is 0.482 e. The number of nitrogens with one attached hydrogen (secondary N) is 1. The van der Waals surface area contributed by atoms with E-state index in [1.165, 1.54) is 6.08 Å². The van der Waals surface area contributed by atoms with Gasteiger partial charge in [0.1, 0.15) is 17.4 Å². The van der Waals surface area contributed by atoms with Crippen molar-refractivity contribution in [2.75, 3.05) is 11.9 Å². The van der Waals surface area contributed by atoms with E-state index < -0.39 is 11.8 Å². The fraction of sp³-hybridized carbons (Fsp3) is 0.0556. The van der Waals surface area contributed by atoms with E-state index in [1.807, 2.05) is 12.1 Å². The monoisotopic (exact) mass is 477 g/mol. The highest BCUT2D eigenvalue weighted by Crippen LogP contribution is 2.34. The lowest BCUT2D eigenvalue weighted by Gasteiger charge is -2.11. The van der Waals surface area contributed by atoms with Crippen molar-refractivity contribution in [2.45, 2.75) is 0 Å². The summed E-state index contributed by atoms with van der Waals surface area (Å²) in [6.45, 7) is -0.334. The molecule has 0 radical (unpaired) electrons. The number of hydrogen-bond acceptors (Lipinski definition) is 4. The van der Waals surface area contributed by atoms with Crippen LogP contribution in [-0.2, 0) is 9.59 Å². The van der Waals surface area contributed by atoms with Gasteiger partial charge in [0.25, 0.3) is 11.8 Å². The molecule has 0 aliphatic carbocycles. The van der Waals surface area contributed by atoms with Crippen LogP contribution in [0.4, 0.5) is 5.69 Å². The normalized spacial score (nSPS) is 10.7. The Kier molecular flexibility index (Phi) is 6.95. The number of carbonyl (C=O) groups excluding carboxylic acids is 2. The third-order valence-electron chi connectivity index (χ3n) is 3.09. The summed E-state index contributed by atoms with van der Waals surface area (Å²) >= 11 is 6.67. The summed E-state index contributed by atoms with van der Waals surface area (Å²) in [7, 11) is 0. The van der Waals surface area contributed by atoms with E-state index in [-0.39, 0.29) is 12.2 Å². The zero-order valence-corrected chi connectivity index (χ0v) is 16.5. The van der Waals surface area contributed by atoms with Crippen LogP contribution in [0.3, 0.4) is 0 Å². The molecule has 3 N–H and O–H groups in total. The van der Waals surface area contributed by atoms with Crippen LogP contribution < -0.4 is 15.8 Å². The van der Waals surface area contributed by atoms with Crippen LogP contribution in [0.15, 0.2) is 57.0 Å². The number of halogens is 2. The molecule has 2 rings (SSSR count). The Morgan fingerprint density at radius 3 is 2.54 bits per heavy atom. The lowest BCUT2D eigenvalue weighted by atomic mass is 10.1. The van der Waals surface area contributed by atoms with Gasteiger partial charge in [-0.2, -0.15) is 5.26 Å². The first kappa shape index (κ1) is 19.7. The number of amides is 2. The molecule has 0 unspecified atom stereocenters. The molecule has 2 amide bonds. The van der Waals surface area contributed by atoms with E-state index in [0.29, 0.717) is 25.9 Å². The fourth-order valence-electron chi connectivity index (χ4n) is 2.01. The molecule has 0 aromatic heterocycles. The molecule has 0 saturated carbocycles. The van der Waals surface area contributed by atoms with Crippen LogP contribution in [0.2, 0.25) is 0 Å². The summed E-state index contributed by atoms with van der Waals surface area (Å²) in [4.78, 5) is 23.3. The average Bonchev–Trinajstić information content (AvgIpc) is 2.59. The minimum Gasteiger partial charge on any atom is -0.482 e. The summed E-state index contributed by atoms with van der Waals surface area (Å²) in [5, 5.41) is 12.0. The van der Waals surface area contributed by atoms with Gasteiger partial charge in [-0.1, -0.05) is 34.1 Å². The van der Waals surface area contributed by atoms with E-state index in [9.17, 15) is 14.9 Å². The predicted octanol–water partition coefficient (Wildman–Crippen LogP) is 3.62. The predicted molar refractivity (Wildman–Crippen MR) is 105 cm³/mol. The number of ether oxygens (including phenoxy) is 1. The van der Waals surface area contributed by atoms with Crippen LogP contribution in [-0.4, -0.2) is 18.4 Å². The van der Waals surface area contributed by atoms with Gasteiger partial charge in [0.05, 0.1) is 4.47 Å². The Hall–Kier alpha value is -2.63. The van der Waals surface area contributed by atoms with Gasteiger partial charge in [-0.25, -0.2) is 0 Å². The number of para-hydroxylation sites is 1. The molecule has 0 spiro atoms. The standard InChI is InChI=1S/C18H13Br2N3O3/c19-13-7-11(17(15(20)8-13)26-10-16(22)24)6-12(9-21)18(25)23-14-4-2-1-3-5-14/h1-8H,10H2,(H2,22,24)(H,23,25)/b12-6+. The molecule has 26 heavy (non-hydrogen) atoms. The number of anilines is 1. The van der Waals surface area contributed by atoms with Crippen LogP contribution in [0.25, 0.3) is 6.08 Å². The van der Waals surface area contributed by atoms with Crippen molar-refractivity contribution in [2.24, 2.45) is 5.73 Å². The third kappa shape index (κ3) is 5.44. The quantitative estimate of drug-likeness (QED) is 0.488. The molecule has 0 heterocycles. The number of rotatable bonds is 6. The van der Waals surface area contributed by atoms with Gasteiger partial charge >= 0.3 is 0 Å². The SMILES string of the molecule is N#C/C(=C\c1cc(Br)cc(Br)c1OCC(N)=O)C(=O)Nc1ccccc1. The first-order valence-electron chi connectivity index (χ1n) is 7.29. The molecule has 2 aromatic carbocycles. The average molecular weight is 479 g/mol. The number of carbonyl (C=O) groups is 2. The molecule has 0 fully saturated rings. The molecule has 2 aromatic rings. The molecular weight excluding hydrogens is 466 g/mol. The van der Waals surface area contributed by atoms with Gasteiger partial charge in [-0.05, 0) is 46.3 Å². The van der Waals surface area contributed by atoms with Crippen molar-refractivity contribution in [3.05, 3.63) is 62.5 Å². The lowest BCUT2D eigenvalue weighted by Crippen LogP contribution is -2.20. The Morgan fingerprint density at radius 2 is 1.92 bits per heavy atom. The fourth-order valence-corrected chi connectivity index (χ4v) is 3.38. The second kappa shape index (κ2) is 9.17. The minimum atomic E-state index is -0.642. The molecule has 0 bridgehead atoms. The summed E-state index contributed by atoms with van der Waals surface area (Å²) < 4.78 is 6.64. The van der Waals surface area contributed by atoms with Crippen molar-refractivity contribution >= 4 is 55.4 Å². The molecular formula is C18H13Br2N3O3. The lowest BCUT2D eigenvalue weighted by molar-refractivity contribution is -0.120. The van der Waals surface area contributed by atoms with Gasteiger partial charge in [0.2, 0.25) is 0 Å². The van der Waals surface area contributed by atoms with E-state index in [0.717, 1.165) is 0 Å². The number of nitrogens with zero attached hydrogens (tertiary/aromatic N) is 1. The number of nitriles is 1. The smallest absolute Gasteiger partial charge is 0.266 e. The van der Waals surface area contributed by atoms with Gasteiger partial charge in [-0.15, -0.1) is 0 Å². The van der Waals surface area contributed by atoms with Crippen molar-refractivity contribution in [1.29, 1.82) is 5.26 Å². The van der Waals surface area contributed by atoms with Gasteiger partial charge < -0.3 is 15.8 Å². The first-order valence-corrected chi connectivity index (χ1v) is 8.87. The van der Waals surface area contributed by atoms with Crippen molar-refractivity contribution in [3.8, 4) is 11.8 Å². The zero-order valence-electron chi connectivity index (χ0n) is 13.3. The van der Waals surface area contributed by atoms with Crippen LogP contribution in [0.1, 0.15) is 5.56 Å². The molecule has 0 aliphatic rings. The summed E-state index contributed by atoms with van der Waals surface area (Å²) in [6, 6.07) is 14.0. The van der Waals surface area contributed by atoms with Crippen molar-refractivity contribution in [1.82, 2.24) is 0 Å². The third-order valence-corrected chi connectivity index (χ3v) is 4.14. The summed E-state index contributed by atoms with van der Waals surface area (Å²) in [6.07, 6.45) is 1.38. The summed E-state index contributed by atoms with van der Waals surface area (Å²) in [5.74, 6) is -0.903. The number of hydrogen-bond donors (Lipinski definition) is 2. The van der Waals surface area contributed by atoms with Gasteiger partial charge in [0, 0.05) is 15.7 Å². The van der Waals surface area contributed by atoms with Crippen molar-refractivity contribution < 1.29 is 14.3 Å². The maximum Gasteiger partial charge on any atom is 0.266 e. The highest BCUT2D eigenvalue weighted by molar-refractivity contribution is 9.11. The maximum absolute atomic E-state index is 12.4. The van der Waals surface area contributed by atoms with E-state index >= 15 is 0 Å². The first-order chi connectivity index (χ1) is 12.4.